The smallest absolute Gasteiger partial charge is 0.219 e. The summed E-state index contributed by atoms with van der Waals surface area (Å²) in [4.78, 5) is 14.2. The van der Waals surface area contributed by atoms with Crippen LogP contribution in [0, 0.1) is 28.9 Å². The molecule has 2 aromatic rings. The van der Waals surface area contributed by atoms with Gasteiger partial charge >= 0.3 is 0 Å². The highest BCUT2D eigenvalue weighted by atomic mass is 32.2. The van der Waals surface area contributed by atoms with E-state index in [4.69, 9.17) is 0 Å². The molecule has 1 aliphatic heterocycles. The van der Waals surface area contributed by atoms with E-state index in [1.807, 2.05) is 11.0 Å². The van der Waals surface area contributed by atoms with Crippen LogP contribution in [0.2, 0.25) is 0 Å². The predicted molar refractivity (Wildman–Crippen MR) is 102 cm³/mol. The van der Waals surface area contributed by atoms with Gasteiger partial charge in [-0.05, 0) is 43.0 Å². The Morgan fingerprint density at radius 2 is 1.89 bits per heavy atom. The lowest BCUT2D eigenvalue weighted by Crippen LogP contribution is -2.37. The van der Waals surface area contributed by atoms with Gasteiger partial charge in [0, 0.05) is 47.9 Å². The zero-order valence-electron chi connectivity index (χ0n) is 15.0. The molecule has 2 aromatic carbocycles. The van der Waals surface area contributed by atoms with Crippen LogP contribution in [0.15, 0.2) is 41.3 Å². The van der Waals surface area contributed by atoms with Gasteiger partial charge in [-0.1, -0.05) is 6.07 Å². The highest BCUT2D eigenvalue weighted by Gasteiger charge is 2.21. The Hall–Kier alpha value is -2.39. The third kappa shape index (κ3) is 4.67. The first-order chi connectivity index (χ1) is 13.0. The number of halogens is 2. The molecule has 0 spiro atoms. The molecule has 1 heterocycles. The fourth-order valence-electron chi connectivity index (χ4n) is 3.28. The molecule has 6 heteroatoms. The standard InChI is InChI=1S/C21H20F2N2OS/c1-14(26)25-8-6-15(7-9-25)13-27-18-3-5-19(16(10-18)12-24)20-4-2-17(22)11-21(20)23/h2-5,10-11,15H,6-9,13H2,1H3. The Labute approximate surface area is 162 Å². The monoisotopic (exact) mass is 386 g/mol. The summed E-state index contributed by atoms with van der Waals surface area (Å²) in [5, 5.41) is 9.45. The normalized spacial score (nSPS) is 14.8. The van der Waals surface area contributed by atoms with Gasteiger partial charge in [0.2, 0.25) is 5.91 Å². The number of likely N-dealkylation sites (tertiary alicyclic amines) is 1. The summed E-state index contributed by atoms with van der Waals surface area (Å²) in [6.07, 6.45) is 1.97. The van der Waals surface area contributed by atoms with Crippen LogP contribution < -0.4 is 0 Å². The number of rotatable bonds is 4. The highest BCUT2D eigenvalue weighted by Crippen LogP contribution is 2.32. The third-order valence-electron chi connectivity index (χ3n) is 4.88. The maximum absolute atomic E-state index is 14.0. The Morgan fingerprint density at radius 1 is 1.19 bits per heavy atom. The van der Waals surface area contributed by atoms with Crippen molar-refractivity contribution in [1.29, 1.82) is 5.26 Å². The number of hydrogen-bond acceptors (Lipinski definition) is 3. The van der Waals surface area contributed by atoms with Crippen LogP contribution in [-0.4, -0.2) is 29.6 Å². The Bertz CT molecular complexity index is 886. The second kappa shape index (κ2) is 8.53. The molecular formula is C21H20F2N2OS. The molecule has 0 aromatic heterocycles. The lowest BCUT2D eigenvalue weighted by atomic mass is 9.99. The van der Waals surface area contributed by atoms with Gasteiger partial charge in [-0.15, -0.1) is 11.8 Å². The Balaban J connectivity index is 1.68. The minimum absolute atomic E-state index is 0.128. The number of nitrogens with zero attached hydrogens (tertiary/aromatic N) is 2. The number of hydrogen-bond donors (Lipinski definition) is 0. The van der Waals surface area contributed by atoms with Crippen LogP contribution in [0.3, 0.4) is 0 Å². The van der Waals surface area contributed by atoms with Crippen molar-refractivity contribution < 1.29 is 13.6 Å². The highest BCUT2D eigenvalue weighted by molar-refractivity contribution is 7.99. The van der Waals surface area contributed by atoms with Gasteiger partial charge in [0.15, 0.2) is 0 Å². The van der Waals surface area contributed by atoms with Gasteiger partial charge in [-0.2, -0.15) is 5.26 Å². The van der Waals surface area contributed by atoms with Crippen molar-refractivity contribution in [2.45, 2.75) is 24.7 Å². The quantitative estimate of drug-likeness (QED) is 0.705. The van der Waals surface area contributed by atoms with Crippen LogP contribution in [0.25, 0.3) is 11.1 Å². The second-order valence-corrected chi connectivity index (χ2v) is 7.80. The van der Waals surface area contributed by atoms with Crippen LogP contribution in [0.1, 0.15) is 25.3 Å². The summed E-state index contributed by atoms with van der Waals surface area (Å²) in [6.45, 7) is 3.20. The van der Waals surface area contributed by atoms with Crippen LogP contribution in [0.5, 0.6) is 0 Å². The van der Waals surface area contributed by atoms with Gasteiger partial charge in [0.1, 0.15) is 11.6 Å². The molecule has 3 rings (SSSR count). The average molecular weight is 386 g/mol. The number of piperidine rings is 1. The van der Waals surface area contributed by atoms with Crippen LogP contribution in [0.4, 0.5) is 8.78 Å². The van der Waals surface area contributed by atoms with Crippen molar-refractivity contribution in [3.8, 4) is 17.2 Å². The number of benzene rings is 2. The minimum atomic E-state index is -0.677. The van der Waals surface area contributed by atoms with E-state index in [2.05, 4.69) is 6.07 Å². The van der Waals surface area contributed by atoms with Crippen molar-refractivity contribution >= 4 is 17.7 Å². The van der Waals surface area contributed by atoms with Crippen molar-refractivity contribution in [2.75, 3.05) is 18.8 Å². The molecule has 1 amide bonds. The summed E-state index contributed by atoms with van der Waals surface area (Å²) >= 11 is 1.67. The molecule has 1 fully saturated rings. The molecule has 0 saturated carbocycles. The van der Waals surface area contributed by atoms with E-state index < -0.39 is 11.6 Å². The van der Waals surface area contributed by atoms with Crippen molar-refractivity contribution in [3.63, 3.8) is 0 Å². The van der Waals surface area contributed by atoms with E-state index >= 15 is 0 Å². The van der Waals surface area contributed by atoms with E-state index in [1.165, 1.54) is 12.1 Å². The van der Waals surface area contributed by atoms with Crippen molar-refractivity contribution in [3.05, 3.63) is 53.6 Å². The van der Waals surface area contributed by atoms with Crippen LogP contribution in [-0.2, 0) is 4.79 Å². The Kier molecular flexibility index (Phi) is 6.12. The molecule has 140 valence electrons. The van der Waals surface area contributed by atoms with E-state index in [9.17, 15) is 18.8 Å². The number of thioether (sulfide) groups is 1. The molecule has 0 bridgehead atoms. The molecule has 0 N–H and O–H groups in total. The fraction of sp³-hybridized carbons (Fsp3) is 0.333. The summed E-state index contributed by atoms with van der Waals surface area (Å²) in [5.41, 5.74) is 1.06. The molecule has 1 aliphatic rings. The summed E-state index contributed by atoms with van der Waals surface area (Å²) in [5.74, 6) is 0.261. The minimum Gasteiger partial charge on any atom is -0.343 e. The molecule has 0 radical (unpaired) electrons. The first-order valence-electron chi connectivity index (χ1n) is 8.86. The maximum atomic E-state index is 14.0. The predicted octanol–water partition coefficient (Wildman–Crippen LogP) is 4.85. The summed E-state index contributed by atoms with van der Waals surface area (Å²) < 4.78 is 27.2. The molecule has 0 atom stereocenters. The van der Waals surface area contributed by atoms with Gasteiger partial charge in [0.25, 0.3) is 0 Å². The zero-order chi connectivity index (χ0) is 19.4. The zero-order valence-corrected chi connectivity index (χ0v) is 15.9. The number of amides is 1. The molecule has 1 saturated heterocycles. The lowest BCUT2D eigenvalue weighted by molar-refractivity contribution is -0.130. The first-order valence-corrected chi connectivity index (χ1v) is 9.84. The summed E-state index contributed by atoms with van der Waals surface area (Å²) in [6, 6.07) is 10.8. The topological polar surface area (TPSA) is 44.1 Å². The largest absolute Gasteiger partial charge is 0.343 e. The number of carbonyl (C=O) groups excluding carboxylic acids is 1. The van der Waals surface area contributed by atoms with E-state index in [0.717, 1.165) is 42.6 Å². The molecule has 0 unspecified atom stereocenters. The van der Waals surface area contributed by atoms with Crippen molar-refractivity contribution in [2.24, 2.45) is 5.92 Å². The molecule has 27 heavy (non-hydrogen) atoms. The first kappa shape index (κ1) is 19.4. The van der Waals surface area contributed by atoms with E-state index in [-0.39, 0.29) is 11.5 Å². The summed E-state index contributed by atoms with van der Waals surface area (Å²) in [7, 11) is 0. The molecular weight excluding hydrogens is 366 g/mol. The Morgan fingerprint density at radius 3 is 2.52 bits per heavy atom. The average Bonchev–Trinajstić information content (AvgIpc) is 2.67. The van der Waals surface area contributed by atoms with E-state index in [0.29, 0.717) is 17.0 Å². The van der Waals surface area contributed by atoms with Gasteiger partial charge in [-0.25, -0.2) is 8.78 Å². The van der Waals surface area contributed by atoms with Gasteiger partial charge in [-0.3, -0.25) is 4.79 Å². The SMILES string of the molecule is CC(=O)N1CCC(CSc2ccc(-c3ccc(F)cc3F)c(C#N)c2)CC1. The van der Waals surface area contributed by atoms with E-state index in [1.54, 1.807) is 30.8 Å². The lowest BCUT2D eigenvalue weighted by Gasteiger charge is -2.31. The van der Waals surface area contributed by atoms with Gasteiger partial charge in [0.05, 0.1) is 11.6 Å². The van der Waals surface area contributed by atoms with Crippen molar-refractivity contribution in [1.82, 2.24) is 4.90 Å². The number of nitriles is 1. The fourth-order valence-corrected chi connectivity index (χ4v) is 4.40. The number of carbonyl (C=O) groups is 1. The molecule has 0 aliphatic carbocycles. The van der Waals surface area contributed by atoms with Gasteiger partial charge < -0.3 is 4.90 Å². The molecule has 3 nitrogen and oxygen atoms in total. The maximum Gasteiger partial charge on any atom is 0.219 e. The second-order valence-electron chi connectivity index (χ2n) is 6.70. The third-order valence-corrected chi connectivity index (χ3v) is 6.10. The van der Waals surface area contributed by atoms with Crippen LogP contribution >= 0.6 is 11.8 Å².